The van der Waals surface area contributed by atoms with Gasteiger partial charge >= 0.3 is 0 Å². The molecule has 1 amide bonds. The summed E-state index contributed by atoms with van der Waals surface area (Å²) in [4.78, 5) is 17.2. The van der Waals surface area contributed by atoms with Gasteiger partial charge in [-0.05, 0) is 51.1 Å². The van der Waals surface area contributed by atoms with Gasteiger partial charge in [-0.2, -0.15) is 0 Å². The maximum atomic E-state index is 12.2. The molecule has 4 nitrogen and oxygen atoms in total. The molecule has 2 unspecified atom stereocenters. The van der Waals surface area contributed by atoms with Gasteiger partial charge in [0.15, 0.2) is 0 Å². The third-order valence-electron chi connectivity index (χ3n) is 5.31. The smallest absolute Gasteiger partial charge is 0.251 e. The molecule has 26 heavy (non-hydrogen) atoms. The van der Waals surface area contributed by atoms with Gasteiger partial charge in [0.1, 0.15) is 0 Å². The summed E-state index contributed by atoms with van der Waals surface area (Å²) < 4.78 is 0. The number of benzene rings is 2. The van der Waals surface area contributed by atoms with Crippen LogP contribution >= 0.6 is 0 Å². The van der Waals surface area contributed by atoms with Crippen LogP contribution in [-0.4, -0.2) is 49.6 Å². The Kier molecular flexibility index (Phi) is 5.94. The van der Waals surface area contributed by atoms with Crippen molar-refractivity contribution in [3.8, 4) is 0 Å². The topological polar surface area (TPSA) is 35.6 Å². The van der Waals surface area contributed by atoms with E-state index in [1.807, 2.05) is 30.3 Å². The minimum atomic E-state index is -0.00957. The summed E-state index contributed by atoms with van der Waals surface area (Å²) >= 11 is 0. The first kappa shape index (κ1) is 18.5. The summed E-state index contributed by atoms with van der Waals surface area (Å²) in [6.07, 6.45) is 0.836. The molecule has 2 aromatic carbocycles. The van der Waals surface area contributed by atoms with E-state index in [2.05, 4.69) is 60.3 Å². The second kappa shape index (κ2) is 8.37. The quantitative estimate of drug-likeness (QED) is 0.899. The van der Waals surface area contributed by atoms with Crippen molar-refractivity contribution in [2.45, 2.75) is 32.4 Å². The molecule has 3 rings (SSSR count). The Morgan fingerprint density at radius 3 is 2.46 bits per heavy atom. The molecule has 1 aliphatic rings. The summed E-state index contributed by atoms with van der Waals surface area (Å²) in [6, 6.07) is 19.0. The molecule has 0 aromatic heterocycles. The third-order valence-corrected chi connectivity index (χ3v) is 5.31. The minimum Gasteiger partial charge on any atom is -0.366 e. The molecular formula is C22H29N3O. The number of rotatable bonds is 5. The van der Waals surface area contributed by atoms with Crippen molar-refractivity contribution in [2.24, 2.45) is 0 Å². The van der Waals surface area contributed by atoms with Crippen LogP contribution in [-0.2, 0) is 6.42 Å². The van der Waals surface area contributed by atoms with Gasteiger partial charge in [-0.1, -0.05) is 36.4 Å². The number of carbonyl (C=O) groups is 1. The van der Waals surface area contributed by atoms with Crippen molar-refractivity contribution in [1.82, 2.24) is 10.2 Å². The van der Waals surface area contributed by atoms with Gasteiger partial charge in [0.25, 0.3) is 5.91 Å². The van der Waals surface area contributed by atoms with E-state index in [4.69, 9.17) is 0 Å². The lowest BCUT2D eigenvalue weighted by Crippen LogP contribution is -2.55. The van der Waals surface area contributed by atoms with Crippen molar-refractivity contribution in [3.05, 3.63) is 65.7 Å². The SMILES string of the molecule is CC1CN(c2ccccc2CCNC(=O)c2ccccc2)C(C)CN1C. The largest absolute Gasteiger partial charge is 0.366 e. The number of amides is 1. The molecule has 2 atom stereocenters. The Bertz CT molecular complexity index is 731. The average molecular weight is 351 g/mol. The highest BCUT2D eigenvalue weighted by Crippen LogP contribution is 2.26. The van der Waals surface area contributed by atoms with Crippen LogP contribution in [0.1, 0.15) is 29.8 Å². The van der Waals surface area contributed by atoms with Crippen LogP contribution in [0.4, 0.5) is 5.69 Å². The van der Waals surface area contributed by atoms with E-state index < -0.39 is 0 Å². The number of carbonyl (C=O) groups excluding carboxylic acids is 1. The van der Waals surface area contributed by atoms with Crippen molar-refractivity contribution < 1.29 is 4.79 Å². The lowest BCUT2D eigenvalue weighted by atomic mass is 10.0. The van der Waals surface area contributed by atoms with Crippen LogP contribution in [0.2, 0.25) is 0 Å². The molecule has 0 bridgehead atoms. The molecule has 138 valence electrons. The van der Waals surface area contributed by atoms with E-state index in [0.717, 1.165) is 19.5 Å². The van der Waals surface area contributed by atoms with Crippen LogP contribution in [0, 0.1) is 0 Å². The molecule has 0 radical (unpaired) electrons. The summed E-state index contributed by atoms with van der Waals surface area (Å²) in [7, 11) is 2.20. The predicted octanol–water partition coefficient (Wildman–Crippen LogP) is 3.19. The second-order valence-electron chi connectivity index (χ2n) is 7.29. The number of anilines is 1. The van der Waals surface area contributed by atoms with E-state index in [9.17, 15) is 4.79 Å². The second-order valence-corrected chi connectivity index (χ2v) is 7.29. The summed E-state index contributed by atoms with van der Waals surface area (Å²) in [6.45, 7) is 7.31. The highest BCUT2D eigenvalue weighted by Gasteiger charge is 2.27. The zero-order chi connectivity index (χ0) is 18.5. The lowest BCUT2D eigenvalue weighted by molar-refractivity contribution is 0.0954. The molecule has 1 fully saturated rings. The Balaban J connectivity index is 1.65. The first-order valence-electron chi connectivity index (χ1n) is 9.44. The Labute approximate surface area is 156 Å². The van der Waals surface area contributed by atoms with Crippen molar-refractivity contribution in [2.75, 3.05) is 31.6 Å². The summed E-state index contributed by atoms with van der Waals surface area (Å²) in [5.41, 5.74) is 3.31. The normalized spacial score (nSPS) is 20.8. The fourth-order valence-electron chi connectivity index (χ4n) is 3.64. The average Bonchev–Trinajstić information content (AvgIpc) is 2.66. The first-order valence-corrected chi connectivity index (χ1v) is 9.44. The minimum absolute atomic E-state index is 0.00957. The molecular weight excluding hydrogens is 322 g/mol. The number of nitrogens with zero attached hydrogens (tertiary/aromatic N) is 2. The highest BCUT2D eigenvalue weighted by molar-refractivity contribution is 5.94. The molecule has 0 aliphatic carbocycles. The summed E-state index contributed by atoms with van der Waals surface area (Å²) in [5, 5.41) is 3.04. The maximum Gasteiger partial charge on any atom is 0.251 e. The molecule has 1 N–H and O–H groups in total. The van der Waals surface area contributed by atoms with Crippen molar-refractivity contribution >= 4 is 11.6 Å². The molecule has 2 aromatic rings. The van der Waals surface area contributed by atoms with Gasteiger partial charge in [-0.3, -0.25) is 9.69 Å². The number of para-hydroxylation sites is 1. The molecule has 1 saturated heterocycles. The number of nitrogens with one attached hydrogen (secondary N) is 1. The zero-order valence-electron chi connectivity index (χ0n) is 16.0. The van der Waals surface area contributed by atoms with E-state index in [1.54, 1.807) is 0 Å². The fourth-order valence-corrected chi connectivity index (χ4v) is 3.64. The van der Waals surface area contributed by atoms with Crippen LogP contribution in [0.15, 0.2) is 54.6 Å². The van der Waals surface area contributed by atoms with Gasteiger partial charge in [0, 0.05) is 43.0 Å². The number of hydrogen-bond donors (Lipinski definition) is 1. The van der Waals surface area contributed by atoms with E-state index in [1.165, 1.54) is 11.3 Å². The molecule has 0 saturated carbocycles. The maximum absolute atomic E-state index is 12.2. The van der Waals surface area contributed by atoms with Crippen LogP contribution < -0.4 is 10.2 Å². The number of hydrogen-bond acceptors (Lipinski definition) is 3. The number of likely N-dealkylation sites (N-methyl/N-ethyl adjacent to an activating group) is 1. The van der Waals surface area contributed by atoms with Crippen molar-refractivity contribution in [1.29, 1.82) is 0 Å². The van der Waals surface area contributed by atoms with Crippen LogP contribution in [0.5, 0.6) is 0 Å². The Hall–Kier alpha value is -2.33. The lowest BCUT2D eigenvalue weighted by Gasteiger charge is -2.44. The monoisotopic (exact) mass is 351 g/mol. The fraction of sp³-hybridized carbons (Fsp3) is 0.409. The third kappa shape index (κ3) is 4.25. The van der Waals surface area contributed by atoms with E-state index in [-0.39, 0.29) is 5.91 Å². The number of piperazine rings is 1. The Morgan fingerprint density at radius 2 is 1.69 bits per heavy atom. The molecule has 1 aliphatic heterocycles. The van der Waals surface area contributed by atoms with Gasteiger partial charge < -0.3 is 10.2 Å². The predicted molar refractivity (Wildman–Crippen MR) is 108 cm³/mol. The molecule has 0 spiro atoms. The van der Waals surface area contributed by atoms with Crippen molar-refractivity contribution in [3.63, 3.8) is 0 Å². The van der Waals surface area contributed by atoms with Gasteiger partial charge in [-0.15, -0.1) is 0 Å². The Morgan fingerprint density at radius 1 is 1.00 bits per heavy atom. The van der Waals surface area contributed by atoms with Gasteiger partial charge in [0.2, 0.25) is 0 Å². The molecule has 4 heteroatoms. The van der Waals surface area contributed by atoms with Gasteiger partial charge in [0.05, 0.1) is 0 Å². The van der Waals surface area contributed by atoms with Crippen LogP contribution in [0.25, 0.3) is 0 Å². The highest BCUT2D eigenvalue weighted by atomic mass is 16.1. The summed E-state index contributed by atoms with van der Waals surface area (Å²) in [5.74, 6) is -0.00957. The zero-order valence-corrected chi connectivity index (χ0v) is 16.0. The molecule has 1 heterocycles. The standard InChI is InChI=1S/C22H29N3O/c1-17-16-25(18(2)15-24(17)3)21-12-8-7-9-19(21)13-14-23-22(26)20-10-5-4-6-11-20/h4-12,17-18H,13-16H2,1-3H3,(H,23,26). The van der Waals surface area contributed by atoms with E-state index in [0.29, 0.717) is 24.2 Å². The van der Waals surface area contributed by atoms with Gasteiger partial charge in [-0.25, -0.2) is 0 Å². The first-order chi connectivity index (χ1) is 12.6. The van der Waals surface area contributed by atoms with E-state index >= 15 is 0 Å². The van der Waals surface area contributed by atoms with Crippen LogP contribution in [0.3, 0.4) is 0 Å².